The molecule has 0 N–H and O–H groups in total. The Labute approximate surface area is 143 Å². The van der Waals surface area contributed by atoms with E-state index in [9.17, 15) is 0 Å². The monoisotopic (exact) mass is 327 g/mol. The summed E-state index contributed by atoms with van der Waals surface area (Å²) in [5, 5.41) is 0. The van der Waals surface area contributed by atoms with Gasteiger partial charge in [-0.25, -0.2) is 4.98 Å². The second-order valence-corrected chi connectivity index (χ2v) is 6.13. The lowest BCUT2D eigenvalue weighted by Crippen LogP contribution is -2.46. The van der Waals surface area contributed by atoms with Crippen LogP contribution < -0.4 is 14.4 Å². The molecule has 3 rings (SSSR count). The first-order chi connectivity index (χ1) is 11.7. The van der Waals surface area contributed by atoms with Gasteiger partial charge >= 0.3 is 0 Å². The number of ether oxygens (including phenoxy) is 2. The number of anilines is 1. The molecule has 1 saturated heterocycles. The van der Waals surface area contributed by atoms with Gasteiger partial charge in [-0.1, -0.05) is 6.07 Å². The molecule has 5 nitrogen and oxygen atoms in total. The van der Waals surface area contributed by atoms with Crippen LogP contribution in [0.25, 0.3) is 0 Å². The standard InChI is InChI=1S/C19H25N3O2/c1-15-4-7-19(20-13-15)22-10-8-21(9-11-22)14-16-12-17(23-2)5-6-18(16)24-3/h4-7,12-13H,8-11,14H2,1-3H3. The molecular formula is C19H25N3O2. The van der Waals surface area contributed by atoms with E-state index in [2.05, 4.69) is 39.9 Å². The maximum atomic E-state index is 5.49. The van der Waals surface area contributed by atoms with Crippen LogP contribution in [0.4, 0.5) is 5.82 Å². The zero-order chi connectivity index (χ0) is 16.9. The quantitative estimate of drug-likeness (QED) is 0.844. The first-order valence-electron chi connectivity index (χ1n) is 8.30. The third-order valence-electron chi connectivity index (χ3n) is 4.47. The van der Waals surface area contributed by atoms with Gasteiger partial charge in [-0.15, -0.1) is 0 Å². The average molecular weight is 327 g/mol. The summed E-state index contributed by atoms with van der Waals surface area (Å²) >= 11 is 0. The highest BCUT2D eigenvalue weighted by atomic mass is 16.5. The van der Waals surface area contributed by atoms with Crippen LogP contribution in [-0.4, -0.2) is 50.3 Å². The van der Waals surface area contributed by atoms with E-state index in [1.165, 1.54) is 11.1 Å². The minimum atomic E-state index is 0.869. The predicted octanol–water partition coefficient (Wildman–Crippen LogP) is 2.73. The fraction of sp³-hybridized carbons (Fsp3) is 0.421. The van der Waals surface area contributed by atoms with E-state index in [1.807, 2.05) is 18.3 Å². The molecule has 1 aliphatic rings. The molecule has 128 valence electrons. The lowest BCUT2D eigenvalue weighted by molar-refractivity contribution is 0.245. The van der Waals surface area contributed by atoms with Gasteiger partial charge in [0.05, 0.1) is 14.2 Å². The van der Waals surface area contributed by atoms with Crippen molar-refractivity contribution in [2.24, 2.45) is 0 Å². The number of rotatable bonds is 5. The lowest BCUT2D eigenvalue weighted by Gasteiger charge is -2.35. The van der Waals surface area contributed by atoms with Crippen molar-refractivity contribution in [2.75, 3.05) is 45.3 Å². The highest BCUT2D eigenvalue weighted by Crippen LogP contribution is 2.26. The van der Waals surface area contributed by atoms with Gasteiger partial charge in [0.1, 0.15) is 17.3 Å². The number of aromatic nitrogens is 1. The minimum absolute atomic E-state index is 0.869. The van der Waals surface area contributed by atoms with Gasteiger partial charge in [-0.3, -0.25) is 4.90 Å². The van der Waals surface area contributed by atoms with Gasteiger partial charge in [0.2, 0.25) is 0 Å². The summed E-state index contributed by atoms with van der Waals surface area (Å²) in [6, 6.07) is 10.2. The first kappa shape index (κ1) is 16.6. The molecule has 0 saturated carbocycles. The van der Waals surface area contributed by atoms with E-state index in [1.54, 1.807) is 14.2 Å². The smallest absolute Gasteiger partial charge is 0.128 e. The summed E-state index contributed by atoms with van der Waals surface area (Å²) in [5.74, 6) is 2.85. The van der Waals surface area contributed by atoms with Crippen LogP contribution in [0.15, 0.2) is 36.5 Å². The Morgan fingerprint density at radius 1 is 1.00 bits per heavy atom. The summed E-state index contributed by atoms with van der Waals surface area (Å²) in [5.41, 5.74) is 2.36. The molecule has 1 aliphatic heterocycles. The van der Waals surface area contributed by atoms with Crippen molar-refractivity contribution in [3.63, 3.8) is 0 Å². The molecule has 1 aromatic heterocycles. The van der Waals surface area contributed by atoms with Crippen LogP contribution in [0.1, 0.15) is 11.1 Å². The Hall–Kier alpha value is -2.27. The maximum absolute atomic E-state index is 5.49. The largest absolute Gasteiger partial charge is 0.497 e. The zero-order valence-electron chi connectivity index (χ0n) is 14.7. The van der Waals surface area contributed by atoms with Crippen LogP contribution in [0.3, 0.4) is 0 Å². The zero-order valence-corrected chi connectivity index (χ0v) is 14.7. The molecule has 0 atom stereocenters. The second kappa shape index (κ2) is 7.53. The number of hydrogen-bond acceptors (Lipinski definition) is 5. The van der Waals surface area contributed by atoms with Crippen LogP contribution in [-0.2, 0) is 6.54 Å². The van der Waals surface area contributed by atoms with Gasteiger partial charge in [-0.2, -0.15) is 0 Å². The summed E-state index contributed by atoms with van der Waals surface area (Å²) in [6.07, 6.45) is 1.93. The number of nitrogens with zero attached hydrogens (tertiary/aromatic N) is 3. The normalized spacial score (nSPS) is 15.4. The van der Waals surface area contributed by atoms with Crippen molar-refractivity contribution in [3.05, 3.63) is 47.7 Å². The first-order valence-corrected chi connectivity index (χ1v) is 8.30. The second-order valence-electron chi connectivity index (χ2n) is 6.13. The van der Waals surface area contributed by atoms with E-state index in [0.717, 1.165) is 50.0 Å². The summed E-state index contributed by atoms with van der Waals surface area (Å²) in [6.45, 7) is 6.93. The molecule has 5 heteroatoms. The topological polar surface area (TPSA) is 37.8 Å². The van der Waals surface area contributed by atoms with Crippen molar-refractivity contribution in [1.82, 2.24) is 9.88 Å². The third kappa shape index (κ3) is 3.79. The number of aryl methyl sites for hydroxylation is 1. The van der Waals surface area contributed by atoms with Crippen molar-refractivity contribution in [3.8, 4) is 11.5 Å². The molecule has 1 aromatic carbocycles. The molecule has 0 spiro atoms. The van der Waals surface area contributed by atoms with Crippen LogP contribution in [0.2, 0.25) is 0 Å². The highest BCUT2D eigenvalue weighted by Gasteiger charge is 2.19. The van der Waals surface area contributed by atoms with Gasteiger partial charge in [-0.05, 0) is 36.8 Å². The van der Waals surface area contributed by atoms with Crippen LogP contribution in [0.5, 0.6) is 11.5 Å². The molecule has 1 fully saturated rings. The average Bonchev–Trinajstić information content (AvgIpc) is 2.63. The van der Waals surface area contributed by atoms with E-state index < -0.39 is 0 Å². The van der Waals surface area contributed by atoms with E-state index in [-0.39, 0.29) is 0 Å². The highest BCUT2D eigenvalue weighted by molar-refractivity contribution is 5.41. The Bertz CT molecular complexity index is 665. The summed E-state index contributed by atoms with van der Waals surface area (Å²) in [7, 11) is 3.41. The SMILES string of the molecule is COc1ccc(OC)c(CN2CCN(c3ccc(C)cn3)CC2)c1. The Morgan fingerprint density at radius 2 is 1.79 bits per heavy atom. The van der Waals surface area contributed by atoms with E-state index >= 15 is 0 Å². The number of methoxy groups -OCH3 is 2. The fourth-order valence-electron chi connectivity index (χ4n) is 3.03. The molecule has 0 aliphatic carbocycles. The van der Waals surface area contributed by atoms with Crippen LogP contribution >= 0.6 is 0 Å². The minimum Gasteiger partial charge on any atom is -0.497 e. The molecule has 0 radical (unpaired) electrons. The van der Waals surface area contributed by atoms with Gasteiger partial charge < -0.3 is 14.4 Å². The summed E-state index contributed by atoms with van der Waals surface area (Å²) in [4.78, 5) is 9.32. The fourth-order valence-corrected chi connectivity index (χ4v) is 3.03. The lowest BCUT2D eigenvalue weighted by atomic mass is 10.1. The van der Waals surface area contributed by atoms with Crippen molar-refractivity contribution in [2.45, 2.75) is 13.5 Å². The molecule has 2 heterocycles. The predicted molar refractivity (Wildman–Crippen MR) is 96.0 cm³/mol. The Morgan fingerprint density at radius 3 is 2.42 bits per heavy atom. The third-order valence-corrected chi connectivity index (χ3v) is 4.47. The Kier molecular flexibility index (Phi) is 5.20. The van der Waals surface area contributed by atoms with Crippen molar-refractivity contribution in [1.29, 1.82) is 0 Å². The molecule has 24 heavy (non-hydrogen) atoms. The van der Waals surface area contributed by atoms with Gasteiger partial charge in [0, 0.05) is 44.5 Å². The molecular weight excluding hydrogens is 302 g/mol. The Balaban J connectivity index is 1.62. The van der Waals surface area contributed by atoms with Gasteiger partial charge in [0.15, 0.2) is 0 Å². The molecule has 0 unspecified atom stereocenters. The molecule has 2 aromatic rings. The van der Waals surface area contributed by atoms with Crippen molar-refractivity contribution >= 4 is 5.82 Å². The van der Waals surface area contributed by atoms with E-state index in [4.69, 9.17) is 9.47 Å². The van der Waals surface area contributed by atoms with Crippen LogP contribution in [0, 0.1) is 6.92 Å². The number of piperazine rings is 1. The van der Waals surface area contributed by atoms with Crippen molar-refractivity contribution < 1.29 is 9.47 Å². The summed E-state index contributed by atoms with van der Waals surface area (Å²) < 4.78 is 10.8. The number of benzene rings is 1. The number of pyridine rings is 1. The molecule has 0 amide bonds. The number of hydrogen-bond donors (Lipinski definition) is 0. The maximum Gasteiger partial charge on any atom is 0.128 e. The van der Waals surface area contributed by atoms with E-state index in [0.29, 0.717) is 0 Å². The molecule has 0 bridgehead atoms. The van der Waals surface area contributed by atoms with Gasteiger partial charge in [0.25, 0.3) is 0 Å².